The molecule has 0 saturated carbocycles. The van der Waals surface area contributed by atoms with Crippen molar-refractivity contribution in [3.63, 3.8) is 0 Å². The van der Waals surface area contributed by atoms with Crippen molar-refractivity contribution < 1.29 is 4.74 Å². The summed E-state index contributed by atoms with van der Waals surface area (Å²) in [5, 5.41) is 0. The Morgan fingerprint density at radius 2 is 1.87 bits per heavy atom. The summed E-state index contributed by atoms with van der Waals surface area (Å²) >= 11 is 0. The molecule has 1 aromatic carbocycles. The summed E-state index contributed by atoms with van der Waals surface area (Å²) in [4.78, 5) is 0. The van der Waals surface area contributed by atoms with E-state index in [1.54, 1.807) is 7.11 Å². The highest BCUT2D eigenvalue weighted by atomic mass is 16.5. The van der Waals surface area contributed by atoms with Crippen LogP contribution in [0.4, 0.5) is 0 Å². The van der Waals surface area contributed by atoms with Crippen molar-refractivity contribution in [2.75, 3.05) is 7.11 Å². The molecule has 0 amide bonds. The van der Waals surface area contributed by atoms with Crippen LogP contribution in [0.2, 0.25) is 0 Å². The molecule has 0 saturated heterocycles. The maximum absolute atomic E-state index is 6.09. The maximum Gasteiger partial charge on any atom is 0.118 e. The molecule has 1 aromatic rings. The van der Waals surface area contributed by atoms with Crippen molar-refractivity contribution in [3.8, 4) is 5.75 Å². The number of hydrogen-bond acceptors (Lipinski definition) is 2. The number of methoxy groups -OCH3 is 1. The van der Waals surface area contributed by atoms with Crippen molar-refractivity contribution in [1.29, 1.82) is 0 Å². The van der Waals surface area contributed by atoms with Gasteiger partial charge in [-0.25, -0.2) is 0 Å². The van der Waals surface area contributed by atoms with E-state index in [0.29, 0.717) is 0 Å². The Morgan fingerprint density at radius 1 is 1.20 bits per heavy atom. The van der Waals surface area contributed by atoms with Crippen molar-refractivity contribution in [2.24, 2.45) is 5.73 Å². The van der Waals surface area contributed by atoms with Crippen LogP contribution < -0.4 is 10.5 Å². The van der Waals surface area contributed by atoms with Crippen molar-refractivity contribution in [3.05, 3.63) is 29.8 Å². The molecule has 0 unspecified atom stereocenters. The lowest BCUT2D eigenvalue weighted by molar-refractivity contribution is 0.414. The van der Waals surface area contributed by atoms with Gasteiger partial charge in [0.1, 0.15) is 5.75 Å². The second kappa shape index (κ2) is 6.46. The fraction of sp³-hybridized carbons (Fsp3) is 0.538. The number of unbranched alkanes of at least 4 members (excludes halogenated alkanes) is 2. The molecule has 2 heteroatoms. The first-order valence-electron chi connectivity index (χ1n) is 5.67. The molecule has 0 aliphatic carbocycles. The lowest BCUT2D eigenvalue weighted by atomic mass is 10.0. The van der Waals surface area contributed by atoms with E-state index in [1.165, 1.54) is 24.8 Å². The van der Waals surface area contributed by atoms with Gasteiger partial charge in [0.25, 0.3) is 0 Å². The highest BCUT2D eigenvalue weighted by Crippen LogP contribution is 2.20. The average Bonchev–Trinajstić information content (AvgIpc) is 2.29. The van der Waals surface area contributed by atoms with Crippen LogP contribution in [-0.4, -0.2) is 7.11 Å². The highest BCUT2D eigenvalue weighted by molar-refractivity contribution is 5.28. The summed E-state index contributed by atoms with van der Waals surface area (Å²) in [6.07, 6.45) is 4.79. The van der Waals surface area contributed by atoms with Gasteiger partial charge in [0.15, 0.2) is 0 Å². The average molecular weight is 207 g/mol. The standard InChI is InChI=1S/C13H21NO/c1-3-4-5-6-13(14)11-7-9-12(15-2)10-8-11/h7-10,13H,3-6,14H2,1-2H3/t13-/m0/s1. The number of hydrogen-bond donors (Lipinski definition) is 1. The van der Waals surface area contributed by atoms with Crippen LogP contribution in [0.1, 0.15) is 44.2 Å². The van der Waals surface area contributed by atoms with Gasteiger partial charge in [-0.05, 0) is 24.1 Å². The van der Waals surface area contributed by atoms with Crippen LogP contribution in [0.5, 0.6) is 5.75 Å². The number of benzene rings is 1. The molecule has 84 valence electrons. The van der Waals surface area contributed by atoms with Crippen LogP contribution >= 0.6 is 0 Å². The van der Waals surface area contributed by atoms with Gasteiger partial charge in [0, 0.05) is 6.04 Å². The van der Waals surface area contributed by atoms with E-state index < -0.39 is 0 Å². The Hall–Kier alpha value is -1.02. The Kier molecular flexibility index (Phi) is 5.19. The predicted molar refractivity (Wildman–Crippen MR) is 64.1 cm³/mol. The van der Waals surface area contributed by atoms with E-state index >= 15 is 0 Å². The van der Waals surface area contributed by atoms with E-state index in [9.17, 15) is 0 Å². The molecule has 0 spiro atoms. The van der Waals surface area contributed by atoms with Crippen LogP contribution in [0, 0.1) is 0 Å². The maximum atomic E-state index is 6.09. The van der Waals surface area contributed by atoms with Crippen LogP contribution in [0.15, 0.2) is 24.3 Å². The van der Waals surface area contributed by atoms with Crippen LogP contribution in [0.3, 0.4) is 0 Å². The summed E-state index contributed by atoms with van der Waals surface area (Å²) < 4.78 is 5.11. The molecule has 1 atom stereocenters. The third kappa shape index (κ3) is 3.92. The van der Waals surface area contributed by atoms with Gasteiger partial charge in [-0.1, -0.05) is 38.3 Å². The first kappa shape index (κ1) is 12.1. The minimum atomic E-state index is 0.169. The van der Waals surface area contributed by atoms with Crippen LogP contribution in [-0.2, 0) is 0 Å². The molecule has 2 nitrogen and oxygen atoms in total. The molecule has 0 aromatic heterocycles. The summed E-state index contributed by atoms with van der Waals surface area (Å²) in [5.74, 6) is 0.888. The van der Waals surface area contributed by atoms with Gasteiger partial charge in [-0.15, -0.1) is 0 Å². The molecule has 0 aliphatic heterocycles. The molecular weight excluding hydrogens is 186 g/mol. The lowest BCUT2D eigenvalue weighted by Crippen LogP contribution is -2.09. The molecule has 1 rings (SSSR count). The summed E-state index contributed by atoms with van der Waals surface area (Å²) in [6, 6.07) is 8.21. The minimum Gasteiger partial charge on any atom is -0.497 e. The van der Waals surface area contributed by atoms with Crippen molar-refractivity contribution in [2.45, 2.75) is 38.6 Å². The van der Waals surface area contributed by atoms with Gasteiger partial charge < -0.3 is 10.5 Å². The largest absolute Gasteiger partial charge is 0.497 e. The molecule has 2 N–H and O–H groups in total. The molecule has 0 heterocycles. The topological polar surface area (TPSA) is 35.2 Å². The quantitative estimate of drug-likeness (QED) is 0.726. The van der Waals surface area contributed by atoms with Gasteiger partial charge >= 0.3 is 0 Å². The fourth-order valence-corrected chi connectivity index (χ4v) is 1.63. The van der Waals surface area contributed by atoms with Gasteiger partial charge in [-0.2, -0.15) is 0 Å². The monoisotopic (exact) mass is 207 g/mol. The smallest absolute Gasteiger partial charge is 0.118 e. The Morgan fingerprint density at radius 3 is 2.40 bits per heavy atom. The van der Waals surface area contributed by atoms with Gasteiger partial charge in [0.2, 0.25) is 0 Å². The second-order valence-electron chi connectivity index (χ2n) is 3.88. The summed E-state index contributed by atoms with van der Waals surface area (Å²) in [6.45, 7) is 2.21. The first-order valence-corrected chi connectivity index (χ1v) is 5.67. The molecule has 0 aliphatic rings. The van der Waals surface area contributed by atoms with Crippen LogP contribution in [0.25, 0.3) is 0 Å². The molecular formula is C13H21NO. The fourth-order valence-electron chi connectivity index (χ4n) is 1.63. The first-order chi connectivity index (χ1) is 7.27. The third-order valence-corrected chi connectivity index (χ3v) is 2.66. The zero-order valence-corrected chi connectivity index (χ0v) is 9.70. The molecule has 0 radical (unpaired) electrons. The summed E-state index contributed by atoms with van der Waals surface area (Å²) in [5.41, 5.74) is 7.29. The van der Waals surface area contributed by atoms with E-state index in [4.69, 9.17) is 10.5 Å². The number of nitrogens with two attached hydrogens (primary N) is 1. The highest BCUT2D eigenvalue weighted by Gasteiger charge is 2.05. The van der Waals surface area contributed by atoms with E-state index in [0.717, 1.165) is 12.2 Å². The van der Waals surface area contributed by atoms with Gasteiger partial charge in [-0.3, -0.25) is 0 Å². The Bertz CT molecular complexity index is 268. The SMILES string of the molecule is CCCCC[C@H](N)c1ccc(OC)cc1. The zero-order valence-electron chi connectivity index (χ0n) is 9.70. The Labute approximate surface area is 92.4 Å². The number of rotatable bonds is 6. The van der Waals surface area contributed by atoms with Crippen molar-refractivity contribution in [1.82, 2.24) is 0 Å². The lowest BCUT2D eigenvalue weighted by Gasteiger charge is -2.12. The van der Waals surface area contributed by atoms with E-state index in [2.05, 4.69) is 19.1 Å². The molecule has 0 bridgehead atoms. The predicted octanol–water partition coefficient (Wildman–Crippen LogP) is 3.28. The van der Waals surface area contributed by atoms with E-state index in [1.807, 2.05) is 12.1 Å². The van der Waals surface area contributed by atoms with E-state index in [-0.39, 0.29) is 6.04 Å². The van der Waals surface area contributed by atoms with Gasteiger partial charge in [0.05, 0.1) is 7.11 Å². The van der Waals surface area contributed by atoms with Crippen molar-refractivity contribution >= 4 is 0 Å². The summed E-state index contributed by atoms with van der Waals surface area (Å²) in [7, 11) is 1.68. The Balaban J connectivity index is 2.46. The number of ether oxygens (including phenoxy) is 1. The third-order valence-electron chi connectivity index (χ3n) is 2.66. The minimum absolute atomic E-state index is 0.169. The molecule has 0 fully saturated rings. The molecule has 15 heavy (non-hydrogen) atoms. The normalized spacial score (nSPS) is 12.5. The zero-order chi connectivity index (χ0) is 11.1. The second-order valence-corrected chi connectivity index (χ2v) is 3.88.